The van der Waals surface area contributed by atoms with E-state index in [-0.39, 0.29) is 6.10 Å². The molecule has 5 atom stereocenters. The van der Waals surface area contributed by atoms with Crippen LogP contribution >= 0.6 is 0 Å². The summed E-state index contributed by atoms with van der Waals surface area (Å²) in [6.45, 7) is 11.4. The summed E-state index contributed by atoms with van der Waals surface area (Å²) >= 11 is 0. The highest BCUT2D eigenvalue weighted by Gasteiger charge is 2.50. The van der Waals surface area contributed by atoms with E-state index in [1.54, 1.807) is 5.57 Å². The number of aliphatic hydroxyl groups is 1. The van der Waals surface area contributed by atoms with E-state index in [0.717, 1.165) is 42.6 Å². The lowest BCUT2D eigenvalue weighted by molar-refractivity contribution is 0.0961. The molecule has 0 aromatic carbocycles. The summed E-state index contributed by atoms with van der Waals surface area (Å²) in [4.78, 5) is 0. The van der Waals surface area contributed by atoms with Crippen molar-refractivity contribution in [3.8, 4) is 0 Å². The van der Waals surface area contributed by atoms with Gasteiger partial charge in [0.15, 0.2) is 0 Å². The van der Waals surface area contributed by atoms with Gasteiger partial charge in [0.2, 0.25) is 0 Å². The second-order valence-electron chi connectivity index (χ2n) is 8.93. The van der Waals surface area contributed by atoms with Gasteiger partial charge in [0.05, 0.1) is 6.10 Å². The van der Waals surface area contributed by atoms with Crippen LogP contribution in [0.1, 0.15) is 78.6 Å². The lowest BCUT2D eigenvalue weighted by atomic mass is 9.61. The molecule has 0 radical (unpaired) electrons. The normalized spacial score (nSPS) is 41.7. The average Bonchev–Trinajstić information content (AvgIpc) is 2.92. The van der Waals surface area contributed by atoms with Gasteiger partial charge in [0, 0.05) is 0 Å². The van der Waals surface area contributed by atoms with Crippen molar-refractivity contribution < 1.29 is 5.11 Å². The van der Waals surface area contributed by atoms with Crippen molar-refractivity contribution in [1.29, 1.82) is 0 Å². The molecular weight excluding hydrogens is 292 g/mol. The van der Waals surface area contributed by atoms with Crippen LogP contribution in [0.5, 0.6) is 0 Å². The van der Waals surface area contributed by atoms with E-state index < -0.39 is 0 Å². The van der Waals surface area contributed by atoms with Gasteiger partial charge in [0.25, 0.3) is 0 Å². The van der Waals surface area contributed by atoms with Crippen LogP contribution in [-0.2, 0) is 0 Å². The van der Waals surface area contributed by atoms with E-state index >= 15 is 0 Å². The Morgan fingerprint density at radius 2 is 2.04 bits per heavy atom. The zero-order chi connectivity index (χ0) is 17.3. The van der Waals surface area contributed by atoms with Crippen LogP contribution in [0.4, 0.5) is 0 Å². The van der Waals surface area contributed by atoms with Crippen molar-refractivity contribution >= 4 is 0 Å². The van der Waals surface area contributed by atoms with Gasteiger partial charge in [-0.05, 0) is 80.1 Å². The molecule has 3 saturated carbocycles. The summed E-state index contributed by atoms with van der Waals surface area (Å²) < 4.78 is 0. The monoisotopic (exact) mass is 328 g/mol. The summed E-state index contributed by atoms with van der Waals surface area (Å²) in [5.74, 6) is 2.56. The maximum absolute atomic E-state index is 10.0. The van der Waals surface area contributed by atoms with E-state index in [2.05, 4.69) is 39.5 Å². The maximum Gasteiger partial charge on any atom is 0.0784 e. The van der Waals surface area contributed by atoms with Crippen molar-refractivity contribution in [2.45, 2.75) is 84.7 Å². The molecule has 24 heavy (non-hydrogen) atoms. The molecule has 0 aromatic heterocycles. The predicted molar refractivity (Wildman–Crippen MR) is 103 cm³/mol. The number of hydrogen-bond acceptors (Lipinski definition) is 1. The number of allylic oxidation sites excluding steroid dienone is 3. The lowest BCUT2D eigenvalue weighted by Crippen LogP contribution is -2.35. The van der Waals surface area contributed by atoms with Crippen molar-refractivity contribution in [2.24, 2.45) is 23.2 Å². The second kappa shape index (κ2) is 7.20. The number of rotatable bonds is 3. The summed E-state index contributed by atoms with van der Waals surface area (Å²) in [6.07, 6.45) is 15.5. The Morgan fingerprint density at radius 1 is 1.25 bits per heavy atom. The minimum atomic E-state index is -0.318. The SMILES string of the molecule is C=C1CC/C(=C/C=C2\CCCC3(C)C2CCC3[C@@H](C)CC)C[C@H]1O. The zero-order valence-corrected chi connectivity index (χ0v) is 16.0. The Hall–Kier alpha value is -0.820. The van der Waals surface area contributed by atoms with Crippen LogP contribution in [0.15, 0.2) is 35.5 Å². The fourth-order valence-electron chi connectivity index (χ4n) is 5.86. The van der Waals surface area contributed by atoms with Gasteiger partial charge < -0.3 is 5.11 Å². The molecule has 1 heteroatoms. The first kappa shape index (κ1) is 18.0. The third kappa shape index (κ3) is 3.29. The fourth-order valence-corrected chi connectivity index (χ4v) is 5.86. The molecular formula is C23H36O. The minimum absolute atomic E-state index is 0.318. The van der Waals surface area contributed by atoms with Gasteiger partial charge >= 0.3 is 0 Å². The quantitative estimate of drug-likeness (QED) is 0.611. The Bertz CT molecular complexity index is 540. The van der Waals surface area contributed by atoms with Crippen LogP contribution in [0.2, 0.25) is 0 Å². The number of hydrogen-bond donors (Lipinski definition) is 1. The number of aliphatic hydroxyl groups excluding tert-OH is 1. The Morgan fingerprint density at radius 3 is 2.75 bits per heavy atom. The van der Waals surface area contributed by atoms with E-state index in [4.69, 9.17) is 0 Å². The smallest absolute Gasteiger partial charge is 0.0784 e. The van der Waals surface area contributed by atoms with Gasteiger partial charge in [0.1, 0.15) is 0 Å². The molecule has 3 fully saturated rings. The molecule has 3 aliphatic carbocycles. The van der Waals surface area contributed by atoms with Gasteiger partial charge in [-0.15, -0.1) is 0 Å². The van der Waals surface area contributed by atoms with E-state index in [1.807, 2.05) is 0 Å². The Kier molecular flexibility index (Phi) is 5.39. The molecule has 134 valence electrons. The Balaban J connectivity index is 1.76. The zero-order valence-electron chi connectivity index (χ0n) is 16.0. The van der Waals surface area contributed by atoms with Crippen molar-refractivity contribution in [1.82, 2.24) is 0 Å². The predicted octanol–water partition coefficient (Wildman–Crippen LogP) is 6.20. The van der Waals surface area contributed by atoms with Gasteiger partial charge in [-0.3, -0.25) is 0 Å². The third-order valence-corrected chi connectivity index (χ3v) is 7.60. The largest absolute Gasteiger partial charge is 0.388 e. The number of fused-ring (bicyclic) bond motifs is 1. The maximum atomic E-state index is 10.0. The molecule has 0 aliphatic heterocycles. The van der Waals surface area contributed by atoms with E-state index in [1.165, 1.54) is 44.1 Å². The molecule has 1 N–H and O–H groups in total. The van der Waals surface area contributed by atoms with Gasteiger partial charge in [-0.25, -0.2) is 0 Å². The molecule has 3 unspecified atom stereocenters. The summed E-state index contributed by atoms with van der Waals surface area (Å²) in [5.41, 5.74) is 4.64. The summed E-state index contributed by atoms with van der Waals surface area (Å²) in [7, 11) is 0. The molecule has 0 saturated heterocycles. The first-order valence-corrected chi connectivity index (χ1v) is 10.2. The highest BCUT2D eigenvalue weighted by atomic mass is 16.3. The van der Waals surface area contributed by atoms with Crippen LogP contribution < -0.4 is 0 Å². The minimum Gasteiger partial charge on any atom is -0.388 e. The lowest BCUT2D eigenvalue weighted by Gasteiger charge is -2.44. The standard InChI is InChI=1S/C23H36O/c1-5-16(2)20-12-13-21-19(7-6-14-23(20,21)4)11-10-18-9-8-17(3)22(24)15-18/h10-11,16,20-22,24H,3,5-9,12-15H2,1-2,4H3/b18-10-,19-11+/t16-,20?,21?,22+,23?/m0/s1. The molecule has 0 spiro atoms. The Labute approximate surface area is 148 Å². The van der Waals surface area contributed by atoms with E-state index in [0.29, 0.717) is 5.41 Å². The van der Waals surface area contributed by atoms with Gasteiger partial charge in [-0.1, -0.05) is 57.1 Å². The molecule has 1 nitrogen and oxygen atoms in total. The molecule has 0 bridgehead atoms. The molecule has 3 aliphatic rings. The highest BCUT2D eigenvalue weighted by molar-refractivity contribution is 5.28. The van der Waals surface area contributed by atoms with Crippen LogP contribution in [0.25, 0.3) is 0 Å². The average molecular weight is 329 g/mol. The van der Waals surface area contributed by atoms with Crippen LogP contribution in [0.3, 0.4) is 0 Å². The third-order valence-electron chi connectivity index (χ3n) is 7.60. The summed E-state index contributed by atoms with van der Waals surface area (Å²) in [5, 5.41) is 10.0. The van der Waals surface area contributed by atoms with Gasteiger partial charge in [-0.2, -0.15) is 0 Å². The molecule has 3 rings (SSSR count). The second-order valence-corrected chi connectivity index (χ2v) is 8.93. The highest BCUT2D eigenvalue weighted by Crippen LogP contribution is 2.59. The van der Waals surface area contributed by atoms with Crippen molar-refractivity contribution in [2.75, 3.05) is 0 Å². The molecule has 0 aromatic rings. The van der Waals surface area contributed by atoms with Crippen LogP contribution in [-0.4, -0.2) is 11.2 Å². The first-order valence-electron chi connectivity index (χ1n) is 10.2. The summed E-state index contributed by atoms with van der Waals surface area (Å²) in [6, 6.07) is 0. The van der Waals surface area contributed by atoms with Crippen molar-refractivity contribution in [3.05, 3.63) is 35.5 Å². The fraction of sp³-hybridized carbons (Fsp3) is 0.739. The first-order chi connectivity index (χ1) is 11.5. The van der Waals surface area contributed by atoms with Crippen LogP contribution in [0, 0.1) is 23.2 Å². The topological polar surface area (TPSA) is 20.2 Å². The van der Waals surface area contributed by atoms with E-state index in [9.17, 15) is 5.11 Å². The molecule has 0 heterocycles. The molecule has 0 amide bonds. The van der Waals surface area contributed by atoms with Crippen molar-refractivity contribution in [3.63, 3.8) is 0 Å².